The molecule has 144 valence electrons. The molecule has 0 saturated carbocycles. The fourth-order valence-corrected chi connectivity index (χ4v) is 4.39. The average Bonchev–Trinajstić information content (AvgIpc) is 3.11. The van der Waals surface area contributed by atoms with Crippen LogP contribution in [0.3, 0.4) is 0 Å². The first-order chi connectivity index (χ1) is 13.0. The fraction of sp³-hybridized carbons (Fsp3) is 0.421. The first-order valence-electron chi connectivity index (χ1n) is 8.94. The van der Waals surface area contributed by atoms with Gasteiger partial charge in [-0.1, -0.05) is 42.3 Å². The molecule has 2 aromatic rings. The molecule has 1 aliphatic rings. The van der Waals surface area contributed by atoms with Gasteiger partial charge in [-0.2, -0.15) is 0 Å². The zero-order chi connectivity index (χ0) is 19.4. The first kappa shape index (κ1) is 20.1. The highest BCUT2D eigenvalue weighted by molar-refractivity contribution is 7.15. The molecule has 8 heteroatoms. The van der Waals surface area contributed by atoms with E-state index in [0.717, 1.165) is 29.8 Å². The second-order valence-corrected chi connectivity index (χ2v) is 8.44. The number of aromatic nitrogens is 1. The summed E-state index contributed by atoms with van der Waals surface area (Å²) in [7, 11) is 0. The molecule has 1 aromatic carbocycles. The number of hydrogen-bond acceptors (Lipinski definition) is 4. The highest BCUT2D eigenvalue weighted by Crippen LogP contribution is 2.30. The molecule has 0 radical (unpaired) electrons. The van der Waals surface area contributed by atoms with E-state index in [1.807, 2.05) is 19.1 Å². The van der Waals surface area contributed by atoms with Gasteiger partial charge in [-0.25, -0.2) is 4.98 Å². The topological polar surface area (TPSA) is 62.3 Å². The second kappa shape index (κ2) is 9.04. The third kappa shape index (κ3) is 5.00. The van der Waals surface area contributed by atoms with Crippen LogP contribution in [0, 0.1) is 5.92 Å². The lowest BCUT2D eigenvalue weighted by molar-refractivity contribution is -0.134. The minimum atomic E-state index is -0.191. The van der Waals surface area contributed by atoms with Crippen LogP contribution in [0.2, 0.25) is 10.0 Å². The smallest absolute Gasteiger partial charge is 0.231 e. The summed E-state index contributed by atoms with van der Waals surface area (Å²) in [6, 6.07) is 5.54. The number of halogens is 2. The van der Waals surface area contributed by atoms with Gasteiger partial charge in [-0.05, 0) is 24.5 Å². The standard InChI is InChI=1S/C19H21Cl2N3O2S/c1-2-16(25)24-8-4-6-13(11-24)18(26)23-19-22-10-14(27-19)9-12-5-3-7-15(20)17(12)21/h3,5,7,10,13H,2,4,6,8-9,11H2,1H3,(H,22,23,26). The quantitative estimate of drug-likeness (QED) is 0.759. The molecule has 1 fully saturated rings. The Morgan fingerprint density at radius 2 is 2.19 bits per heavy atom. The van der Waals surface area contributed by atoms with Crippen LogP contribution in [0.1, 0.15) is 36.6 Å². The number of carbonyl (C=O) groups excluding carboxylic acids is 2. The van der Waals surface area contributed by atoms with E-state index < -0.39 is 0 Å². The summed E-state index contributed by atoms with van der Waals surface area (Å²) >= 11 is 13.7. The molecule has 5 nitrogen and oxygen atoms in total. The summed E-state index contributed by atoms with van der Waals surface area (Å²) in [5.74, 6) is -0.170. The van der Waals surface area contributed by atoms with E-state index in [1.165, 1.54) is 11.3 Å². The summed E-state index contributed by atoms with van der Waals surface area (Å²) in [5.41, 5.74) is 0.923. The zero-order valence-corrected chi connectivity index (χ0v) is 17.3. The highest BCUT2D eigenvalue weighted by Gasteiger charge is 2.28. The Bertz CT molecular complexity index is 840. The predicted molar refractivity (Wildman–Crippen MR) is 110 cm³/mol. The van der Waals surface area contributed by atoms with Crippen molar-refractivity contribution < 1.29 is 9.59 Å². The summed E-state index contributed by atoms with van der Waals surface area (Å²) in [4.78, 5) is 31.5. The summed E-state index contributed by atoms with van der Waals surface area (Å²) in [6.45, 7) is 3.06. The van der Waals surface area contributed by atoms with Crippen LogP contribution in [0.25, 0.3) is 0 Å². The minimum absolute atomic E-state index is 0.0784. The third-order valence-corrected chi connectivity index (χ3v) is 6.40. The van der Waals surface area contributed by atoms with Crippen molar-refractivity contribution in [3.8, 4) is 0 Å². The van der Waals surface area contributed by atoms with Crippen molar-refractivity contribution in [2.75, 3.05) is 18.4 Å². The van der Waals surface area contributed by atoms with Crippen molar-refractivity contribution in [1.29, 1.82) is 0 Å². The molecule has 1 atom stereocenters. The summed E-state index contributed by atoms with van der Waals surface area (Å²) in [5, 5.41) is 4.52. The molecule has 3 rings (SSSR count). The van der Waals surface area contributed by atoms with Gasteiger partial charge in [-0.15, -0.1) is 11.3 Å². The number of piperidine rings is 1. The van der Waals surface area contributed by atoms with E-state index in [9.17, 15) is 9.59 Å². The number of nitrogens with zero attached hydrogens (tertiary/aromatic N) is 2. The van der Waals surface area contributed by atoms with Crippen LogP contribution in [0.15, 0.2) is 24.4 Å². The third-order valence-electron chi connectivity index (χ3n) is 4.63. The number of amides is 2. The van der Waals surface area contributed by atoms with Crippen molar-refractivity contribution in [1.82, 2.24) is 9.88 Å². The molecule has 0 bridgehead atoms. The highest BCUT2D eigenvalue weighted by atomic mass is 35.5. The normalized spacial score (nSPS) is 17.0. The molecule has 1 N–H and O–H groups in total. The van der Waals surface area contributed by atoms with Crippen LogP contribution in [0.4, 0.5) is 5.13 Å². The van der Waals surface area contributed by atoms with Crippen molar-refractivity contribution in [3.05, 3.63) is 44.9 Å². The largest absolute Gasteiger partial charge is 0.342 e. The molecule has 0 spiro atoms. The van der Waals surface area contributed by atoms with Crippen LogP contribution in [-0.2, 0) is 16.0 Å². The molecule has 1 unspecified atom stereocenters. The van der Waals surface area contributed by atoms with Gasteiger partial charge in [0.25, 0.3) is 0 Å². The van der Waals surface area contributed by atoms with Crippen molar-refractivity contribution >= 4 is 51.5 Å². The van der Waals surface area contributed by atoms with Crippen molar-refractivity contribution in [3.63, 3.8) is 0 Å². The number of hydrogen-bond donors (Lipinski definition) is 1. The van der Waals surface area contributed by atoms with Gasteiger partial charge >= 0.3 is 0 Å². The molecular formula is C19H21Cl2N3O2S. The molecular weight excluding hydrogens is 405 g/mol. The van der Waals surface area contributed by atoms with Crippen LogP contribution >= 0.6 is 34.5 Å². The van der Waals surface area contributed by atoms with Crippen LogP contribution in [0.5, 0.6) is 0 Å². The molecule has 1 aliphatic heterocycles. The van der Waals surface area contributed by atoms with Gasteiger partial charge in [0.1, 0.15) is 0 Å². The molecule has 2 amide bonds. The van der Waals surface area contributed by atoms with Gasteiger partial charge in [0.05, 0.1) is 16.0 Å². The lowest BCUT2D eigenvalue weighted by Gasteiger charge is -2.31. The van der Waals surface area contributed by atoms with E-state index in [2.05, 4.69) is 10.3 Å². The van der Waals surface area contributed by atoms with E-state index >= 15 is 0 Å². The predicted octanol–water partition coefficient (Wildman–Crippen LogP) is 4.63. The van der Waals surface area contributed by atoms with Crippen molar-refractivity contribution in [2.45, 2.75) is 32.6 Å². The van der Waals surface area contributed by atoms with Gasteiger partial charge in [0, 0.05) is 37.0 Å². The van der Waals surface area contributed by atoms with Crippen LogP contribution < -0.4 is 5.32 Å². The van der Waals surface area contributed by atoms with E-state index in [-0.39, 0.29) is 17.7 Å². The monoisotopic (exact) mass is 425 g/mol. The fourth-order valence-electron chi connectivity index (χ4n) is 3.17. The second-order valence-electron chi connectivity index (χ2n) is 6.54. The Labute approximate surface area is 172 Å². The van der Waals surface area contributed by atoms with E-state index in [1.54, 1.807) is 17.2 Å². The number of anilines is 1. The van der Waals surface area contributed by atoms with Gasteiger partial charge in [0.2, 0.25) is 11.8 Å². The van der Waals surface area contributed by atoms with Gasteiger partial charge < -0.3 is 10.2 Å². The molecule has 0 aliphatic carbocycles. The van der Waals surface area contributed by atoms with Gasteiger partial charge in [-0.3, -0.25) is 9.59 Å². The Morgan fingerprint density at radius 1 is 1.37 bits per heavy atom. The lowest BCUT2D eigenvalue weighted by atomic mass is 9.97. The molecule has 1 saturated heterocycles. The maximum absolute atomic E-state index is 12.6. The summed E-state index contributed by atoms with van der Waals surface area (Å²) < 4.78 is 0. The number of nitrogens with one attached hydrogen (secondary N) is 1. The number of carbonyl (C=O) groups is 2. The maximum atomic E-state index is 12.6. The Hall–Kier alpha value is -1.63. The first-order valence-corrected chi connectivity index (χ1v) is 10.5. The lowest BCUT2D eigenvalue weighted by Crippen LogP contribution is -2.43. The van der Waals surface area contributed by atoms with E-state index in [4.69, 9.17) is 23.2 Å². The Kier molecular flexibility index (Phi) is 6.73. The average molecular weight is 426 g/mol. The molecule has 1 aromatic heterocycles. The SMILES string of the molecule is CCC(=O)N1CCCC(C(=O)Nc2ncc(Cc3cccc(Cl)c3Cl)s2)C1. The Morgan fingerprint density at radius 3 is 2.96 bits per heavy atom. The van der Waals surface area contributed by atoms with Gasteiger partial charge in [0.15, 0.2) is 5.13 Å². The number of thiazole rings is 1. The van der Waals surface area contributed by atoms with E-state index in [0.29, 0.717) is 34.6 Å². The molecule has 27 heavy (non-hydrogen) atoms. The number of rotatable bonds is 5. The number of benzene rings is 1. The molecule has 2 heterocycles. The minimum Gasteiger partial charge on any atom is -0.342 e. The van der Waals surface area contributed by atoms with Crippen LogP contribution in [-0.4, -0.2) is 34.8 Å². The zero-order valence-electron chi connectivity index (χ0n) is 15.0. The maximum Gasteiger partial charge on any atom is 0.231 e. The Balaban J connectivity index is 1.61. The van der Waals surface area contributed by atoms with Crippen molar-refractivity contribution in [2.24, 2.45) is 5.92 Å². The number of likely N-dealkylation sites (tertiary alicyclic amines) is 1. The summed E-state index contributed by atoms with van der Waals surface area (Å²) in [6.07, 6.45) is 4.45.